The lowest BCUT2D eigenvalue weighted by molar-refractivity contribution is 0.176. The van der Waals surface area contributed by atoms with Gasteiger partial charge in [-0.1, -0.05) is 34.1 Å². The van der Waals surface area contributed by atoms with Crippen molar-refractivity contribution in [3.05, 3.63) is 34.3 Å². The van der Waals surface area contributed by atoms with Crippen LogP contribution in [0.1, 0.15) is 12.0 Å². The van der Waals surface area contributed by atoms with Crippen molar-refractivity contribution in [2.24, 2.45) is 11.8 Å². The number of hydrogen-bond acceptors (Lipinski definition) is 3. The van der Waals surface area contributed by atoms with Crippen LogP contribution in [0.25, 0.3) is 0 Å². The minimum Gasteiger partial charge on any atom is -0.381 e. The first kappa shape index (κ1) is 12.0. The van der Waals surface area contributed by atoms with Gasteiger partial charge in [-0.05, 0) is 24.5 Å². The third kappa shape index (κ3) is 2.83. The molecule has 3 nitrogen and oxygen atoms in total. The zero-order chi connectivity index (χ0) is 11.4. The van der Waals surface area contributed by atoms with Crippen molar-refractivity contribution >= 4 is 15.9 Å². The lowest BCUT2D eigenvalue weighted by Gasteiger charge is -2.22. The highest BCUT2D eigenvalue weighted by molar-refractivity contribution is 9.10. The zero-order valence-electron chi connectivity index (χ0n) is 9.16. The van der Waals surface area contributed by atoms with Gasteiger partial charge in [0.05, 0.1) is 6.61 Å². The van der Waals surface area contributed by atoms with E-state index in [-0.39, 0.29) is 0 Å². The Hall–Kier alpha value is -0.420. The average molecular weight is 285 g/mol. The van der Waals surface area contributed by atoms with Crippen LogP contribution in [0.5, 0.6) is 0 Å². The standard InChI is InChI=1S/C12H17BrN2O/c13-11-4-2-1-3-9(11)7-12(15-14)10-5-6-16-8-10/h1-4,10,12,15H,5-8,14H2. The second-order valence-electron chi connectivity index (χ2n) is 4.19. The minimum absolute atomic E-state index is 0.293. The molecule has 0 spiro atoms. The molecule has 1 aromatic rings. The predicted molar refractivity (Wildman–Crippen MR) is 67.9 cm³/mol. The third-order valence-corrected chi connectivity index (χ3v) is 3.92. The molecule has 0 saturated carbocycles. The fourth-order valence-electron chi connectivity index (χ4n) is 2.13. The second kappa shape index (κ2) is 5.77. The lowest BCUT2D eigenvalue weighted by Crippen LogP contribution is -2.42. The van der Waals surface area contributed by atoms with Crippen molar-refractivity contribution in [1.82, 2.24) is 5.43 Å². The van der Waals surface area contributed by atoms with Crippen LogP contribution in [0, 0.1) is 5.92 Å². The van der Waals surface area contributed by atoms with E-state index in [2.05, 4.69) is 39.6 Å². The number of halogens is 1. The number of rotatable bonds is 4. The molecule has 3 N–H and O–H groups in total. The number of benzene rings is 1. The largest absolute Gasteiger partial charge is 0.381 e. The van der Waals surface area contributed by atoms with E-state index in [0.29, 0.717) is 12.0 Å². The van der Waals surface area contributed by atoms with Gasteiger partial charge in [-0.25, -0.2) is 0 Å². The normalized spacial score (nSPS) is 22.2. The summed E-state index contributed by atoms with van der Waals surface area (Å²) in [7, 11) is 0. The maximum Gasteiger partial charge on any atom is 0.0510 e. The van der Waals surface area contributed by atoms with E-state index in [1.807, 2.05) is 6.07 Å². The van der Waals surface area contributed by atoms with Gasteiger partial charge in [-0.15, -0.1) is 0 Å². The molecule has 0 bridgehead atoms. The molecule has 4 heteroatoms. The molecule has 1 fully saturated rings. The lowest BCUT2D eigenvalue weighted by atomic mass is 9.93. The molecule has 0 aliphatic carbocycles. The van der Waals surface area contributed by atoms with Crippen LogP contribution < -0.4 is 11.3 Å². The molecular weight excluding hydrogens is 268 g/mol. The molecule has 0 amide bonds. The van der Waals surface area contributed by atoms with Crippen LogP contribution in [-0.2, 0) is 11.2 Å². The van der Waals surface area contributed by atoms with E-state index >= 15 is 0 Å². The fourth-order valence-corrected chi connectivity index (χ4v) is 2.58. The van der Waals surface area contributed by atoms with Crippen LogP contribution in [0.2, 0.25) is 0 Å². The summed E-state index contributed by atoms with van der Waals surface area (Å²) in [5, 5.41) is 0. The van der Waals surface area contributed by atoms with Crippen molar-refractivity contribution in [3.63, 3.8) is 0 Å². The molecule has 1 aliphatic heterocycles. The minimum atomic E-state index is 0.293. The number of nitrogens with one attached hydrogen (secondary N) is 1. The van der Waals surface area contributed by atoms with Gasteiger partial charge in [0.25, 0.3) is 0 Å². The smallest absolute Gasteiger partial charge is 0.0510 e. The molecule has 1 saturated heterocycles. The van der Waals surface area contributed by atoms with Gasteiger partial charge in [0.1, 0.15) is 0 Å². The number of ether oxygens (including phenoxy) is 1. The van der Waals surface area contributed by atoms with E-state index in [1.165, 1.54) is 5.56 Å². The molecular formula is C12H17BrN2O. The van der Waals surface area contributed by atoms with Crippen LogP contribution in [0.4, 0.5) is 0 Å². The third-order valence-electron chi connectivity index (χ3n) is 3.15. The first-order chi connectivity index (χ1) is 7.81. The Morgan fingerprint density at radius 1 is 1.50 bits per heavy atom. The molecule has 1 heterocycles. The Bertz CT molecular complexity index is 340. The fraction of sp³-hybridized carbons (Fsp3) is 0.500. The Morgan fingerprint density at radius 2 is 2.31 bits per heavy atom. The van der Waals surface area contributed by atoms with Gasteiger partial charge in [0.2, 0.25) is 0 Å². The van der Waals surface area contributed by atoms with Crippen molar-refractivity contribution in [2.45, 2.75) is 18.9 Å². The van der Waals surface area contributed by atoms with Gasteiger partial charge >= 0.3 is 0 Å². The first-order valence-corrected chi connectivity index (χ1v) is 6.38. The number of hydrogen-bond donors (Lipinski definition) is 2. The molecule has 1 aliphatic rings. The monoisotopic (exact) mass is 284 g/mol. The van der Waals surface area contributed by atoms with E-state index in [1.54, 1.807) is 0 Å². The topological polar surface area (TPSA) is 47.3 Å². The zero-order valence-corrected chi connectivity index (χ0v) is 10.7. The van der Waals surface area contributed by atoms with Crippen molar-refractivity contribution in [2.75, 3.05) is 13.2 Å². The summed E-state index contributed by atoms with van der Waals surface area (Å²) in [4.78, 5) is 0. The van der Waals surface area contributed by atoms with Gasteiger partial charge < -0.3 is 4.74 Å². The molecule has 88 valence electrons. The van der Waals surface area contributed by atoms with Crippen LogP contribution in [0.3, 0.4) is 0 Å². The number of hydrazine groups is 1. The number of nitrogens with two attached hydrogens (primary N) is 1. The van der Waals surface area contributed by atoms with E-state index in [0.717, 1.165) is 30.5 Å². The molecule has 0 radical (unpaired) electrons. The molecule has 2 rings (SSSR count). The molecule has 1 aromatic carbocycles. The Labute approximate surface area is 104 Å². The van der Waals surface area contributed by atoms with E-state index < -0.39 is 0 Å². The maximum absolute atomic E-state index is 5.63. The summed E-state index contributed by atoms with van der Waals surface area (Å²) in [6.45, 7) is 1.68. The SMILES string of the molecule is NNC(Cc1ccccc1Br)C1CCOC1. The highest BCUT2D eigenvalue weighted by Crippen LogP contribution is 2.23. The van der Waals surface area contributed by atoms with Crippen molar-refractivity contribution < 1.29 is 4.74 Å². The summed E-state index contributed by atoms with van der Waals surface area (Å²) >= 11 is 3.56. The highest BCUT2D eigenvalue weighted by Gasteiger charge is 2.25. The van der Waals surface area contributed by atoms with E-state index in [4.69, 9.17) is 10.6 Å². The summed E-state index contributed by atoms with van der Waals surface area (Å²) < 4.78 is 6.55. The highest BCUT2D eigenvalue weighted by atomic mass is 79.9. The van der Waals surface area contributed by atoms with Crippen LogP contribution in [0.15, 0.2) is 28.7 Å². The van der Waals surface area contributed by atoms with Gasteiger partial charge in [0.15, 0.2) is 0 Å². The molecule has 16 heavy (non-hydrogen) atoms. The Kier molecular flexibility index (Phi) is 4.35. The summed E-state index contributed by atoms with van der Waals surface area (Å²) in [6, 6.07) is 8.56. The van der Waals surface area contributed by atoms with Crippen LogP contribution in [-0.4, -0.2) is 19.3 Å². The summed E-state index contributed by atoms with van der Waals surface area (Å²) in [6.07, 6.45) is 2.03. The van der Waals surface area contributed by atoms with E-state index in [9.17, 15) is 0 Å². The maximum atomic E-state index is 5.63. The molecule has 2 unspecified atom stereocenters. The Balaban J connectivity index is 2.03. The molecule has 2 atom stereocenters. The Morgan fingerprint density at radius 3 is 2.94 bits per heavy atom. The average Bonchev–Trinajstić information content (AvgIpc) is 2.81. The van der Waals surface area contributed by atoms with Crippen molar-refractivity contribution in [3.8, 4) is 0 Å². The van der Waals surface area contributed by atoms with Gasteiger partial charge in [-0.2, -0.15) is 0 Å². The summed E-state index contributed by atoms with van der Waals surface area (Å²) in [5.74, 6) is 6.15. The first-order valence-electron chi connectivity index (χ1n) is 5.58. The van der Waals surface area contributed by atoms with Crippen LogP contribution >= 0.6 is 15.9 Å². The van der Waals surface area contributed by atoms with Gasteiger partial charge in [0, 0.05) is 23.0 Å². The van der Waals surface area contributed by atoms with Gasteiger partial charge in [-0.3, -0.25) is 11.3 Å². The van der Waals surface area contributed by atoms with Crippen molar-refractivity contribution in [1.29, 1.82) is 0 Å². The predicted octanol–water partition coefficient (Wildman–Crippen LogP) is 1.86. The summed E-state index contributed by atoms with van der Waals surface area (Å²) in [5.41, 5.74) is 4.21. The quantitative estimate of drug-likeness (QED) is 0.655. The second-order valence-corrected chi connectivity index (χ2v) is 5.05. The molecule has 0 aromatic heterocycles.